The van der Waals surface area contributed by atoms with Gasteiger partial charge in [0.15, 0.2) is 0 Å². The monoisotopic (exact) mass is 377 g/mol. The average Bonchev–Trinajstić information content (AvgIpc) is 3.37. The lowest BCUT2D eigenvalue weighted by Gasteiger charge is -2.14. The minimum Gasteiger partial charge on any atom is -0.459 e. The SMILES string of the molecule is Cc1ccc(C(=O)NC2CC2)cc1NC(=O)N[C@@H](C)c1cc2ccccc2o1. The molecule has 1 fully saturated rings. The number of hydrogen-bond acceptors (Lipinski definition) is 3. The number of fused-ring (bicyclic) bond motifs is 1. The molecule has 1 atom stereocenters. The van der Waals surface area contributed by atoms with Gasteiger partial charge in [-0.25, -0.2) is 4.79 Å². The Balaban J connectivity index is 1.43. The summed E-state index contributed by atoms with van der Waals surface area (Å²) in [5.41, 5.74) is 2.82. The molecule has 3 aromatic rings. The lowest BCUT2D eigenvalue weighted by molar-refractivity contribution is 0.0951. The minimum absolute atomic E-state index is 0.110. The number of para-hydroxylation sites is 1. The van der Waals surface area contributed by atoms with Crippen molar-refractivity contribution >= 4 is 28.6 Å². The number of benzene rings is 2. The molecule has 0 saturated heterocycles. The second-order valence-electron chi connectivity index (χ2n) is 7.28. The Morgan fingerprint density at radius 3 is 2.64 bits per heavy atom. The van der Waals surface area contributed by atoms with Crippen LogP contribution < -0.4 is 16.0 Å². The van der Waals surface area contributed by atoms with Gasteiger partial charge in [0.05, 0.1) is 6.04 Å². The fourth-order valence-corrected chi connectivity index (χ4v) is 3.04. The molecule has 0 unspecified atom stereocenters. The van der Waals surface area contributed by atoms with Gasteiger partial charge in [0.25, 0.3) is 5.91 Å². The topological polar surface area (TPSA) is 83.4 Å². The zero-order valence-electron chi connectivity index (χ0n) is 15.9. The third kappa shape index (κ3) is 4.01. The van der Waals surface area contributed by atoms with Gasteiger partial charge in [-0.05, 0) is 56.5 Å². The smallest absolute Gasteiger partial charge is 0.319 e. The molecule has 3 N–H and O–H groups in total. The van der Waals surface area contributed by atoms with Crippen LogP contribution in [0.5, 0.6) is 0 Å². The normalized spacial score (nSPS) is 14.5. The number of rotatable bonds is 5. The van der Waals surface area contributed by atoms with Crippen LogP contribution in [0.3, 0.4) is 0 Å². The molecule has 0 aliphatic heterocycles. The quantitative estimate of drug-likeness (QED) is 0.611. The van der Waals surface area contributed by atoms with Crippen molar-refractivity contribution in [3.8, 4) is 0 Å². The van der Waals surface area contributed by atoms with E-state index in [-0.39, 0.29) is 24.0 Å². The molecule has 1 saturated carbocycles. The van der Waals surface area contributed by atoms with E-state index in [0.29, 0.717) is 17.0 Å². The summed E-state index contributed by atoms with van der Waals surface area (Å²) in [6.45, 7) is 3.75. The highest BCUT2D eigenvalue weighted by atomic mass is 16.3. The van der Waals surface area contributed by atoms with Crippen LogP contribution >= 0.6 is 0 Å². The summed E-state index contributed by atoms with van der Waals surface area (Å²) in [6.07, 6.45) is 2.07. The van der Waals surface area contributed by atoms with Crippen molar-refractivity contribution in [2.45, 2.75) is 38.8 Å². The van der Waals surface area contributed by atoms with Gasteiger partial charge in [0, 0.05) is 22.7 Å². The molecule has 0 bridgehead atoms. The van der Waals surface area contributed by atoms with E-state index in [0.717, 1.165) is 29.4 Å². The Bertz CT molecular complexity index is 1000. The van der Waals surface area contributed by atoms with Gasteiger partial charge in [-0.2, -0.15) is 0 Å². The first-order chi connectivity index (χ1) is 13.5. The van der Waals surface area contributed by atoms with E-state index in [1.807, 2.05) is 50.2 Å². The minimum atomic E-state index is -0.351. The Morgan fingerprint density at radius 1 is 1.11 bits per heavy atom. The third-order valence-electron chi connectivity index (χ3n) is 4.88. The second-order valence-corrected chi connectivity index (χ2v) is 7.28. The maximum Gasteiger partial charge on any atom is 0.319 e. The molecular weight excluding hydrogens is 354 g/mol. The molecule has 144 valence electrons. The summed E-state index contributed by atoms with van der Waals surface area (Å²) in [5, 5.41) is 9.67. The molecule has 3 amide bonds. The Kier molecular flexibility index (Phi) is 4.77. The zero-order chi connectivity index (χ0) is 19.7. The number of anilines is 1. The van der Waals surface area contributed by atoms with E-state index >= 15 is 0 Å². The molecule has 1 aliphatic rings. The van der Waals surface area contributed by atoms with Crippen LogP contribution in [0.15, 0.2) is 52.9 Å². The number of carbonyl (C=O) groups is 2. The molecule has 1 aliphatic carbocycles. The predicted octanol–water partition coefficient (Wildman–Crippen LogP) is 4.52. The van der Waals surface area contributed by atoms with Crippen LogP contribution in [0.2, 0.25) is 0 Å². The van der Waals surface area contributed by atoms with Crippen LogP contribution in [-0.2, 0) is 0 Å². The first-order valence-corrected chi connectivity index (χ1v) is 9.47. The van der Waals surface area contributed by atoms with Crippen molar-refractivity contribution in [1.29, 1.82) is 0 Å². The molecule has 0 spiro atoms. The van der Waals surface area contributed by atoms with Gasteiger partial charge in [-0.1, -0.05) is 24.3 Å². The van der Waals surface area contributed by atoms with Crippen molar-refractivity contribution in [3.05, 3.63) is 65.4 Å². The molecule has 1 heterocycles. The van der Waals surface area contributed by atoms with E-state index in [1.165, 1.54) is 0 Å². The maximum absolute atomic E-state index is 12.5. The fraction of sp³-hybridized carbons (Fsp3) is 0.273. The van der Waals surface area contributed by atoms with Gasteiger partial charge >= 0.3 is 6.03 Å². The van der Waals surface area contributed by atoms with Crippen LogP contribution in [0, 0.1) is 6.92 Å². The fourth-order valence-electron chi connectivity index (χ4n) is 3.04. The zero-order valence-corrected chi connectivity index (χ0v) is 15.9. The van der Waals surface area contributed by atoms with Gasteiger partial charge in [-0.15, -0.1) is 0 Å². The van der Waals surface area contributed by atoms with Crippen molar-refractivity contribution in [2.24, 2.45) is 0 Å². The number of hydrogen-bond donors (Lipinski definition) is 3. The molecule has 28 heavy (non-hydrogen) atoms. The van der Waals surface area contributed by atoms with Crippen molar-refractivity contribution in [1.82, 2.24) is 10.6 Å². The number of furan rings is 1. The average molecular weight is 377 g/mol. The van der Waals surface area contributed by atoms with Gasteiger partial charge in [0.1, 0.15) is 11.3 Å². The largest absolute Gasteiger partial charge is 0.459 e. The van der Waals surface area contributed by atoms with Crippen molar-refractivity contribution in [2.75, 3.05) is 5.32 Å². The van der Waals surface area contributed by atoms with E-state index in [9.17, 15) is 9.59 Å². The summed E-state index contributed by atoms with van der Waals surface area (Å²) in [4.78, 5) is 24.7. The Labute approximate surface area is 163 Å². The van der Waals surface area contributed by atoms with Crippen LogP contribution in [-0.4, -0.2) is 18.0 Å². The summed E-state index contributed by atoms with van der Waals surface area (Å²) in [5.74, 6) is 0.576. The summed E-state index contributed by atoms with van der Waals surface area (Å²) < 4.78 is 5.80. The van der Waals surface area contributed by atoms with Gasteiger partial charge < -0.3 is 20.4 Å². The number of carbonyl (C=O) groups excluding carboxylic acids is 2. The molecule has 6 nitrogen and oxygen atoms in total. The molecule has 1 aromatic heterocycles. The summed E-state index contributed by atoms with van der Waals surface area (Å²) in [6, 6.07) is 14.6. The molecular formula is C22H23N3O3. The van der Waals surface area contributed by atoms with Crippen LogP contribution in [0.4, 0.5) is 10.5 Å². The van der Waals surface area contributed by atoms with E-state index in [4.69, 9.17) is 4.42 Å². The Hall–Kier alpha value is -3.28. The number of urea groups is 1. The van der Waals surface area contributed by atoms with Crippen molar-refractivity contribution in [3.63, 3.8) is 0 Å². The van der Waals surface area contributed by atoms with Crippen LogP contribution in [0.25, 0.3) is 11.0 Å². The summed E-state index contributed by atoms with van der Waals surface area (Å²) in [7, 11) is 0. The maximum atomic E-state index is 12.5. The van der Waals surface area contributed by atoms with Crippen LogP contribution in [0.1, 0.15) is 47.5 Å². The van der Waals surface area contributed by atoms with Crippen molar-refractivity contribution < 1.29 is 14.0 Å². The lowest BCUT2D eigenvalue weighted by atomic mass is 10.1. The molecule has 4 rings (SSSR count). The van der Waals surface area contributed by atoms with E-state index < -0.39 is 0 Å². The standard InChI is InChI=1S/C22H23N3O3/c1-13-7-8-16(21(26)24-17-9-10-17)11-18(13)25-22(27)23-14(2)20-12-15-5-3-4-6-19(15)28-20/h3-8,11-12,14,17H,9-10H2,1-2H3,(H,24,26)(H2,23,25,27)/t14-/m0/s1. The summed E-state index contributed by atoms with van der Waals surface area (Å²) >= 11 is 0. The van der Waals surface area contributed by atoms with E-state index in [2.05, 4.69) is 16.0 Å². The van der Waals surface area contributed by atoms with Gasteiger partial charge in [0.2, 0.25) is 0 Å². The highest BCUT2D eigenvalue weighted by Crippen LogP contribution is 2.24. The third-order valence-corrected chi connectivity index (χ3v) is 4.88. The number of nitrogens with one attached hydrogen (secondary N) is 3. The van der Waals surface area contributed by atoms with Gasteiger partial charge in [-0.3, -0.25) is 4.79 Å². The predicted molar refractivity (Wildman–Crippen MR) is 108 cm³/mol. The number of amides is 3. The first kappa shape index (κ1) is 18.1. The highest BCUT2D eigenvalue weighted by Gasteiger charge is 2.24. The first-order valence-electron chi connectivity index (χ1n) is 9.47. The Morgan fingerprint density at radius 2 is 1.89 bits per heavy atom. The van der Waals surface area contributed by atoms with E-state index in [1.54, 1.807) is 12.1 Å². The lowest BCUT2D eigenvalue weighted by Crippen LogP contribution is -2.31. The molecule has 0 radical (unpaired) electrons. The second kappa shape index (κ2) is 7.38. The molecule has 6 heteroatoms. The molecule has 2 aromatic carbocycles. The highest BCUT2D eigenvalue weighted by molar-refractivity contribution is 5.97. The number of aryl methyl sites for hydroxylation is 1.